The van der Waals surface area contributed by atoms with E-state index in [1.807, 2.05) is 0 Å². The number of halogens is 4. The van der Waals surface area contributed by atoms with E-state index in [-0.39, 0.29) is 11.1 Å². The molecule has 18 heavy (non-hydrogen) atoms. The lowest BCUT2D eigenvalue weighted by Gasteiger charge is -2.14. The molecule has 2 N–H and O–H groups in total. The van der Waals surface area contributed by atoms with Gasteiger partial charge in [0.05, 0.1) is 5.69 Å². The fraction of sp³-hybridized carbons (Fsp3) is 0.333. The molecule has 1 aromatic carbocycles. The van der Waals surface area contributed by atoms with Gasteiger partial charge in [0.2, 0.25) is 0 Å². The number of aromatic hydroxyl groups is 1. The molecule has 1 rings (SSSR count). The quantitative estimate of drug-likeness (QED) is 0.821. The summed E-state index contributed by atoms with van der Waals surface area (Å²) in [4.78, 5) is 0. The van der Waals surface area contributed by atoms with Gasteiger partial charge in [0.25, 0.3) is 0 Å². The summed E-state index contributed by atoms with van der Waals surface area (Å²) in [6, 6.07) is 0.719. The van der Waals surface area contributed by atoms with E-state index >= 15 is 0 Å². The van der Waals surface area contributed by atoms with Gasteiger partial charge in [-0.1, -0.05) is 0 Å². The van der Waals surface area contributed by atoms with Crippen molar-refractivity contribution in [2.45, 2.75) is 19.4 Å². The van der Waals surface area contributed by atoms with Crippen LogP contribution < -0.4 is 4.72 Å². The number of benzene rings is 1. The molecule has 102 valence electrons. The SMILES string of the molecule is Cc1c(O)cc(NS(=O)(=O)C(F)(F)F)c(C)c1F. The zero-order valence-electron chi connectivity index (χ0n) is 9.26. The second-order valence-electron chi connectivity index (χ2n) is 3.56. The number of phenolic OH excluding ortho intramolecular Hbond substituents is 1. The molecule has 0 aliphatic heterocycles. The highest BCUT2D eigenvalue weighted by atomic mass is 32.2. The monoisotopic (exact) mass is 287 g/mol. The molecule has 0 heterocycles. The van der Waals surface area contributed by atoms with Gasteiger partial charge >= 0.3 is 15.5 Å². The van der Waals surface area contributed by atoms with Gasteiger partial charge in [-0.05, 0) is 13.8 Å². The van der Waals surface area contributed by atoms with Crippen molar-refractivity contribution in [3.8, 4) is 5.75 Å². The van der Waals surface area contributed by atoms with Gasteiger partial charge < -0.3 is 5.11 Å². The van der Waals surface area contributed by atoms with Crippen LogP contribution in [-0.2, 0) is 10.0 Å². The zero-order valence-corrected chi connectivity index (χ0v) is 10.1. The van der Waals surface area contributed by atoms with Gasteiger partial charge in [0.1, 0.15) is 11.6 Å². The highest BCUT2D eigenvalue weighted by molar-refractivity contribution is 7.93. The molecule has 0 unspecified atom stereocenters. The van der Waals surface area contributed by atoms with Crippen LogP contribution in [0.4, 0.5) is 23.2 Å². The number of phenols is 1. The van der Waals surface area contributed by atoms with Gasteiger partial charge in [-0.3, -0.25) is 4.72 Å². The summed E-state index contributed by atoms with van der Waals surface area (Å²) in [5, 5.41) is 9.25. The van der Waals surface area contributed by atoms with E-state index in [4.69, 9.17) is 0 Å². The molecule has 0 fully saturated rings. The van der Waals surface area contributed by atoms with E-state index in [2.05, 4.69) is 0 Å². The normalized spacial score (nSPS) is 12.6. The Morgan fingerprint density at radius 1 is 1.22 bits per heavy atom. The number of alkyl halides is 3. The predicted molar refractivity (Wildman–Crippen MR) is 56.1 cm³/mol. The minimum Gasteiger partial charge on any atom is -0.507 e. The van der Waals surface area contributed by atoms with Crippen LogP contribution in [-0.4, -0.2) is 19.0 Å². The number of nitrogens with one attached hydrogen (secondary N) is 1. The van der Waals surface area contributed by atoms with E-state index in [0.29, 0.717) is 0 Å². The van der Waals surface area contributed by atoms with Crippen LogP contribution in [0.3, 0.4) is 0 Å². The van der Waals surface area contributed by atoms with Crippen molar-refractivity contribution in [1.29, 1.82) is 0 Å². The maximum absolute atomic E-state index is 13.4. The van der Waals surface area contributed by atoms with Gasteiger partial charge in [-0.25, -0.2) is 4.39 Å². The molecule has 4 nitrogen and oxygen atoms in total. The Labute approximate surface area is 100 Å². The van der Waals surface area contributed by atoms with Crippen LogP contribution in [0.1, 0.15) is 11.1 Å². The first-order chi connectivity index (χ1) is 7.97. The lowest BCUT2D eigenvalue weighted by molar-refractivity contribution is -0.0429. The molecular formula is C9H9F4NO3S. The highest BCUT2D eigenvalue weighted by Gasteiger charge is 2.46. The highest BCUT2D eigenvalue weighted by Crippen LogP contribution is 2.32. The zero-order chi connectivity index (χ0) is 14.3. The number of hydrogen-bond acceptors (Lipinski definition) is 3. The molecule has 0 aliphatic carbocycles. The molecule has 0 bridgehead atoms. The summed E-state index contributed by atoms with van der Waals surface area (Å²) in [7, 11) is -5.65. The second-order valence-corrected chi connectivity index (χ2v) is 5.23. The van der Waals surface area contributed by atoms with Crippen molar-refractivity contribution in [3.63, 3.8) is 0 Å². The summed E-state index contributed by atoms with van der Waals surface area (Å²) in [6.07, 6.45) is 0. The predicted octanol–water partition coefficient (Wildman–Crippen LogP) is 2.41. The Hall–Kier alpha value is -1.51. The van der Waals surface area contributed by atoms with Gasteiger partial charge in [0.15, 0.2) is 0 Å². The van der Waals surface area contributed by atoms with Crippen molar-refractivity contribution in [1.82, 2.24) is 0 Å². The largest absolute Gasteiger partial charge is 0.516 e. The molecule has 0 saturated heterocycles. The maximum atomic E-state index is 13.4. The standard InChI is InChI=1S/C9H9F4NO3S/c1-4-6(3-7(15)5(2)8(4)10)14-18(16,17)9(11,12)13/h3,14-15H,1-2H3. The fourth-order valence-electron chi connectivity index (χ4n) is 1.17. The number of rotatable bonds is 2. The first-order valence-electron chi connectivity index (χ1n) is 4.55. The van der Waals surface area contributed by atoms with Gasteiger partial charge in [-0.15, -0.1) is 0 Å². The smallest absolute Gasteiger partial charge is 0.507 e. The molecule has 0 aliphatic rings. The first-order valence-corrected chi connectivity index (χ1v) is 6.03. The number of anilines is 1. The fourth-order valence-corrected chi connectivity index (χ4v) is 1.79. The molecule has 0 atom stereocenters. The van der Waals surface area contributed by atoms with E-state index < -0.39 is 32.8 Å². The van der Waals surface area contributed by atoms with Crippen molar-refractivity contribution in [2.75, 3.05) is 4.72 Å². The lowest BCUT2D eigenvalue weighted by atomic mass is 10.1. The Morgan fingerprint density at radius 3 is 2.17 bits per heavy atom. The third-order valence-corrected chi connectivity index (χ3v) is 3.37. The van der Waals surface area contributed by atoms with Crippen LogP contribution in [0.25, 0.3) is 0 Å². The van der Waals surface area contributed by atoms with Gasteiger partial charge in [-0.2, -0.15) is 21.6 Å². The summed E-state index contributed by atoms with van der Waals surface area (Å²) < 4.78 is 72.7. The summed E-state index contributed by atoms with van der Waals surface area (Å²) in [6.45, 7) is 2.30. The molecule has 0 spiro atoms. The van der Waals surface area contributed by atoms with Crippen molar-refractivity contribution < 1.29 is 31.1 Å². The summed E-state index contributed by atoms with van der Waals surface area (Å²) >= 11 is 0. The topological polar surface area (TPSA) is 66.4 Å². The molecule has 0 saturated carbocycles. The van der Waals surface area contributed by atoms with Crippen LogP contribution in [0, 0.1) is 19.7 Å². The Kier molecular flexibility index (Phi) is 3.48. The first kappa shape index (κ1) is 14.6. The Bertz CT molecular complexity index is 580. The summed E-state index contributed by atoms with van der Waals surface area (Å²) in [5.41, 5.74) is -6.69. The Morgan fingerprint density at radius 2 is 1.72 bits per heavy atom. The van der Waals surface area contributed by atoms with E-state index in [0.717, 1.165) is 13.0 Å². The minimum absolute atomic E-state index is 0.178. The molecular weight excluding hydrogens is 278 g/mol. The Balaban J connectivity index is 3.31. The van der Waals surface area contributed by atoms with Crippen molar-refractivity contribution in [2.24, 2.45) is 0 Å². The second kappa shape index (κ2) is 4.30. The van der Waals surface area contributed by atoms with E-state index in [9.17, 15) is 31.1 Å². The number of hydrogen-bond donors (Lipinski definition) is 2. The van der Waals surface area contributed by atoms with Crippen LogP contribution in [0.2, 0.25) is 0 Å². The molecule has 0 amide bonds. The minimum atomic E-state index is -5.65. The molecule has 0 radical (unpaired) electrons. The van der Waals surface area contributed by atoms with E-state index in [1.54, 1.807) is 0 Å². The van der Waals surface area contributed by atoms with E-state index in [1.165, 1.54) is 11.6 Å². The van der Waals surface area contributed by atoms with Crippen LogP contribution in [0.5, 0.6) is 5.75 Å². The van der Waals surface area contributed by atoms with Crippen molar-refractivity contribution >= 4 is 15.7 Å². The molecule has 0 aromatic heterocycles. The maximum Gasteiger partial charge on any atom is 0.516 e. The average molecular weight is 287 g/mol. The van der Waals surface area contributed by atoms with Crippen LogP contribution >= 0.6 is 0 Å². The van der Waals surface area contributed by atoms with Crippen molar-refractivity contribution in [3.05, 3.63) is 23.0 Å². The summed E-state index contributed by atoms with van der Waals surface area (Å²) in [5.74, 6) is -1.62. The molecule has 1 aromatic rings. The third-order valence-electron chi connectivity index (χ3n) is 2.28. The third kappa shape index (κ3) is 2.50. The van der Waals surface area contributed by atoms with Crippen LogP contribution in [0.15, 0.2) is 6.07 Å². The lowest BCUT2D eigenvalue weighted by Crippen LogP contribution is -2.30. The number of sulfonamides is 1. The van der Waals surface area contributed by atoms with Gasteiger partial charge in [0, 0.05) is 17.2 Å². The average Bonchev–Trinajstić information content (AvgIpc) is 2.21. The molecule has 9 heteroatoms.